The van der Waals surface area contributed by atoms with Crippen molar-refractivity contribution in [1.82, 2.24) is 0 Å². The van der Waals surface area contributed by atoms with Crippen molar-refractivity contribution >= 4 is 17.5 Å². The van der Waals surface area contributed by atoms with Gasteiger partial charge in [-0.1, -0.05) is 0 Å². The molecule has 0 spiro atoms. The quantitative estimate of drug-likeness (QED) is 0.459. The number of hydrogen-bond donors (Lipinski definition) is 0. The van der Waals surface area contributed by atoms with Crippen LogP contribution in [0.4, 0.5) is 0 Å². The van der Waals surface area contributed by atoms with Crippen LogP contribution in [-0.2, 0) is 4.79 Å². The average Bonchev–Trinajstić information content (AvgIpc) is 1.78. The molecule has 2 nitrogen and oxygen atoms in total. The minimum atomic E-state index is 0.274. The van der Waals surface area contributed by atoms with E-state index < -0.39 is 0 Å². The third-order valence-electron chi connectivity index (χ3n) is 1.21. The molecule has 0 bridgehead atoms. The molecule has 0 heterocycles. The average molecular weight is 176 g/mol. The molecular weight excluding hydrogens is 158 g/mol. The lowest BCUT2D eigenvalue weighted by atomic mass is 10.5. The fraction of sp³-hybridized carbons (Fsp3) is 0.875. The zero-order chi connectivity index (χ0) is 8.91. The molecule has 0 atom stereocenters. The largest absolute Gasteiger partial charge is 0.330 e. The fourth-order valence-electron chi connectivity index (χ4n) is 0.554. The number of carbonyl (C=O) groups excluding carboxylic acids is 1. The maximum Gasteiger partial charge on any atom is 0.139 e. The molecule has 0 aromatic heterocycles. The number of Topliss-reactive ketones (excluding diaryl/α,β-unsaturated/α-hetero) is 1. The highest BCUT2D eigenvalue weighted by atomic mass is 32.2. The predicted molar refractivity (Wildman–Crippen MR) is 50.9 cm³/mol. The molecule has 0 rings (SSSR count). The van der Waals surface area contributed by atoms with Gasteiger partial charge in [-0.3, -0.25) is 4.79 Å². The standard InChI is InChI=1S/C8H18NOS/c1-8(10)7-11-6-5-9(2,3)4/h5-7H2,1-4H3/q+1. The second-order valence-corrected chi connectivity index (χ2v) is 4.87. The maximum atomic E-state index is 10.5. The number of nitrogens with zero attached hydrogens (tertiary/aromatic N) is 1. The summed E-state index contributed by atoms with van der Waals surface area (Å²) in [7, 11) is 6.48. The van der Waals surface area contributed by atoms with Crippen LogP contribution in [0.15, 0.2) is 0 Å². The van der Waals surface area contributed by atoms with Gasteiger partial charge in [0.15, 0.2) is 0 Å². The molecule has 0 radical (unpaired) electrons. The summed E-state index contributed by atoms with van der Waals surface area (Å²) in [4.78, 5) is 10.5. The molecule has 0 saturated carbocycles. The van der Waals surface area contributed by atoms with Gasteiger partial charge in [-0.2, -0.15) is 0 Å². The van der Waals surface area contributed by atoms with Gasteiger partial charge >= 0.3 is 0 Å². The SMILES string of the molecule is CC(=O)CSCC[N+](C)(C)C. The minimum Gasteiger partial charge on any atom is -0.330 e. The van der Waals surface area contributed by atoms with Crippen molar-refractivity contribution in [2.24, 2.45) is 0 Å². The summed E-state index contributed by atoms with van der Waals surface area (Å²) < 4.78 is 0.977. The molecule has 0 amide bonds. The Morgan fingerprint density at radius 1 is 1.36 bits per heavy atom. The van der Waals surface area contributed by atoms with E-state index in [9.17, 15) is 4.79 Å². The van der Waals surface area contributed by atoms with Crippen molar-refractivity contribution in [3.63, 3.8) is 0 Å². The van der Waals surface area contributed by atoms with Crippen LogP contribution in [0, 0.1) is 0 Å². The molecule has 0 saturated heterocycles. The molecule has 0 N–H and O–H groups in total. The molecule has 0 aromatic carbocycles. The zero-order valence-corrected chi connectivity index (χ0v) is 8.70. The van der Waals surface area contributed by atoms with Gasteiger partial charge in [-0.15, -0.1) is 11.8 Å². The van der Waals surface area contributed by atoms with Crippen molar-refractivity contribution in [3.8, 4) is 0 Å². The monoisotopic (exact) mass is 176 g/mol. The second kappa shape index (κ2) is 4.78. The van der Waals surface area contributed by atoms with E-state index in [-0.39, 0.29) is 5.78 Å². The Balaban J connectivity index is 3.22. The van der Waals surface area contributed by atoms with Crippen LogP contribution in [0.1, 0.15) is 6.92 Å². The summed E-state index contributed by atoms with van der Waals surface area (Å²) in [6.45, 7) is 2.76. The Morgan fingerprint density at radius 3 is 2.27 bits per heavy atom. The normalized spacial score (nSPS) is 11.6. The summed E-state index contributed by atoms with van der Waals surface area (Å²) in [6, 6.07) is 0. The summed E-state index contributed by atoms with van der Waals surface area (Å²) >= 11 is 1.72. The van der Waals surface area contributed by atoms with E-state index in [1.807, 2.05) is 0 Å². The Labute approximate surface area is 73.5 Å². The number of quaternary nitrogens is 1. The van der Waals surface area contributed by atoms with Crippen LogP contribution in [-0.4, -0.2) is 49.5 Å². The smallest absolute Gasteiger partial charge is 0.139 e. The van der Waals surface area contributed by atoms with E-state index >= 15 is 0 Å². The van der Waals surface area contributed by atoms with Crippen molar-refractivity contribution in [2.45, 2.75) is 6.92 Å². The minimum absolute atomic E-state index is 0.274. The Morgan fingerprint density at radius 2 is 1.91 bits per heavy atom. The molecule has 0 unspecified atom stereocenters. The number of carbonyl (C=O) groups is 1. The van der Waals surface area contributed by atoms with E-state index in [2.05, 4.69) is 21.1 Å². The third-order valence-corrected chi connectivity index (χ3v) is 2.29. The van der Waals surface area contributed by atoms with Crippen LogP contribution in [0.5, 0.6) is 0 Å². The van der Waals surface area contributed by atoms with E-state index in [0.717, 1.165) is 16.8 Å². The van der Waals surface area contributed by atoms with E-state index in [1.54, 1.807) is 18.7 Å². The van der Waals surface area contributed by atoms with Gasteiger partial charge in [0, 0.05) is 5.75 Å². The number of ketones is 1. The van der Waals surface area contributed by atoms with Crippen LogP contribution >= 0.6 is 11.8 Å². The zero-order valence-electron chi connectivity index (χ0n) is 7.89. The number of hydrogen-bond acceptors (Lipinski definition) is 2. The summed E-state index contributed by atoms with van der Waals surface area (Å²) in [5.74, 6) is 2.01. The van der Waals surface area contributed by atoms with E-state index in [1.165, 1.54) is 0 Å². The first kappa shape index (κ1) is 11.0. The molecule has 0 aliphatic rings. The first-order valence-electron chi connectivity index (χ1n) is 3.79. The van der Waals surface area contributed by atoms with Gasteiger partial charge in [-0.25, -0.2) is 0 Å². The summed E-state index contributed by atoms with van der Waals surface area (Å²) in [5.41, 5.74) is 0. The third kappa shape index (κ3) is 9.98. The first-order chi connectivity index (χ1) is 4.92. The first-order valence-corrected chi connectivity index (χ1v) is 4.95. The molecule has 0 aliphatic carbocycles. The highest BCUT2D eigenvalue weighted by molar-refractivity contribution is 7.99. The molecule has 0 fully saturated rings. The number of thioether (sulfide) groups is 1. The van der Waals surface area contributed by atoms with Crippen molar-refractivity contribution in [2.75, 3.05) is 39.2 Å². The van der Waals surface area contributed by atoms with Crippen molar-refractivity contribution < 1.29 is 9.28 Å². The highest BCUT2D eigenvalue weighted by Gasteiger charge is 2.05. The van der Waals surface area contributed by atoms with Gasteiger partial charge in [0.1, 0.15) is 5.78 Å². The summed E-state index contributed by atoms with van der Waals surface area (Å²) in [6.07, 6.45) is 0. The predicted octanol–water partition coefficient (Wildman–Crippen LogP) is 1.01. The molecule has 11 heavy (non-hydrogen) atoms. The molecule has 3 heteroatoms. The van der Waals surface area contributed by atoms with Gasteiger partial charge in [0.25, 0.3) is 0 Å². The van der Waals surface area contributed by atoms with Gasteiger partial charge in [0.2, 0.25) is 0 Å². The van der Waals surface area contributed by atoms with Crippen LogP contribution in [0.2, 0.25) is 0 Å². The Bertz CT molecular complexity index is 129. The van der Waals surface area contributed by atoms with E-state index in [0.29, 0.717) is 5.75 Å². The lowest BCUT2D eigenvalue weighted by Crippen LogP contribution is -2.36. The summed E-state index contributed by atoms with van der Waals surface area (Å²) in [5, 5.41) is 0. The molecule has 0 aromatic rings. The maximum absolute atomic E-state index is 10.5. The van der Waals surface area contributed by atoms with Crippen LogP contribution in [0.25, 0.3) is 0 Å². The van der Waals surface area contributed by atoms with Crippen LogP contribution in [0.3, 0.4) is 0 Å². The van der Waals surface area contributed by atoms with Crippen molar-refractivity contribution in [3.05, 3.63) is 0 Å². The van der Waals surface area contributed by atoms with Gasteiger partial charge in [0.05, 0.1) is 33.4 Å². The molecular formula is C8H18NOS+. The topological polar surface area (TPSA) is 17.1 Å². The second-order valence-electron chi connectivity index (χ2n) is 3.77. The van der Waals surface area contributed by atoms with E-state index in [4.69, 9.17) is 0 Å². The Hall–Kier alpha value is -0.0200. The van der Waals surface area contributed by atoms with Gasteiger partial charge in [-0.05, 0) is 6.92 Å². The van der Waals surface area contributed by atoms with Gasteiger partial charge < -0.3 is 4.48 Å². The number of rotatable bonds is 5. The van der Waals surface area contributed by atoms with Crippen molar-refractivity contribution in [1.29, 1.82) is 0 Å². The van der Waals surface area contributed by atoms with Crippen LogP contribution < -0.4 is 0 Å². The molecule has 66 valence electrons. The highest BCUT2D eigenvalue weighted by Crippen LogP contribution is 2.02. The molecule has 0 aliphatic heterocycles. The Kier molecular flexibility index (Phi) is 4.77. The fourth-order valence-corrected chi connectivity index (χ4v) is 1.66. The lowest BCUT2D eigenvalue weighted by molar-refractivity contribution is -0.867. The lowest BCUT2D eigenvalue weighted by Gasteiger charge is -2.23.